The van der Waals surface area contributed by atoms with Gasteiger partial charge in [0.1, 0.15) is 17.3 Å². The van der Waals surface area contributed by atoms with E-state index in [1.54, 1.807) is 43.7 Å². The molecule has 0 atom stereocenters. The lowest BCUT2D eigenvalue weighted by Crippen LogP contribution is -2.34. The van der Waals surface area contributed by atoms with E-state index >= 15 is 0 Å². The average Bonchev–Trinajstić information content (AvgIpc) is 3.20. The van der Waals surface area contributed by atoms with Crippen LogP contribution in [0.1, 0.15) is 17.1 Å². The van der Waals surface area contributed by atoms with Crippen LogP contribution in [0, 0.1) is 6.92 Å². The fourth-order valence-corrected chi connectivity index (χ4v) is 2.46. The molecule has 29 heavy (non-hydrogen) atoms. The molecule has 148 valence electrons. The number of benzene rings is 2. The number of amides is 2. The zero-order chi connectivity index (χ0) is 20.6. The molecule has 0 fully saturated rings. The highest BCUT2D eigenvalue weighted by molar-refractivity contribution is 6.39. The Hall–Kier alpha value is -3.87. The summed E-state index contributed by atoms with van der Waals surface area (Å²) >= 11 is 0. The van der Waals surface area contributed by atoms with Gasteiger partial charge in [0.25, 0.3) is 0 Å². The minimum atomic E-state index is -0.742. The maximum atomic E-state index is 12.0. The highest BCUT2D eigenvalue weighted by Gasteiger charge is 2.14. The molecule has 1 heterocycles. The Morgan fingerprint density at radius 1 is 1.07 bits per heavy atom. The van der Waals surface area contributed by atoms with Gasteiger partial charge in [-0.3, -0.25) is 14.6 Å². The summed E-state index contributed by atoms with van der Waals surface area (Å²) in [7, 11) is 1.59. The Morgan fingerprint density at radius 3 is 2.62 bits per heavy atom. The normalized spacial score (nSPS) is 10.7. The molecule has 0 unspecified atom stereocenters. The van der Waals surface area contributed by atoms with E-state index in [1.165, 1.54) is 0 Å². The summed E-state index contributed by atoms with van der Waals surface area (Å²) in [6.07, 6.45) is 1.57. The van der Waals surface area contributed by atoms with E-state index in [0.717, 1.165) is 11.3 Å². The van der Waals surface area contributed by atoms with E-state index in [4.69, 9.17) is 9.15 Å². The predicted octanol–water partition coefficient (Wildman–Crippen LogP) is 3.60. The third-order valence-electron chi connectivity index (χ3n) is 4.02. The van der Waals surface area contributed by atoms with Gasteiger partial charge in [-0.05, 0) is 43.3 Å². The average molecular weight is 391 g/mol. The first-order valence-corrected chi connectivity index (χ1v) is 8.96. The van der Waals surface area contributed by atoms with Crippen molar-refractivity contribution in [2.45, 2.75) is 13.5 Å². The first kappa shape index (κ1) is 19.9. The summed E-state index contributed by atoms with van der Waals surface area (Å²) in [5, 5.41) is 5.07. The lowest BCUT2D eigenvalue weighted by Gasteiger charge is -2.05. The number of aliphatic imine (C=N–C) groups is 1. The number of aryl methyl sites for hydroxylation is 1. The topological polar surface area (TPSA) is 92.9 Å². The molecule has 0 aliphatic heterocycles. The number of furan rings is 1. The number of carbonyl (C=O) groups excluding carboxylic acids is 2. The molecule has 0 aliphatic carbocycles. The molecule has 0 aliphatic rings. The van der Waals surface area contributed by atoms with Crippen molar-refractivity contribution in [1.29, 1.82) is 0 Å². The second kappa shape index (κ2) is 9.36. The molecular weight excluding hydrogens is 370 g/mol. The second-order valence-electron chi connectivity index (χ2n) is 6.27. The number of carbonyl (C=O) groups is 2. The van der Waals surface area contributed by atoms with Gasteiger partial charge in [-0.1, -0.05) is 23.8 Å². The maximum absolute atomic E-state index is 12.0. The van der Waals surface area contributed by atoms with E-state index in [-0.39, 0.29) is 6.54 Å². The van der Waals surface area contributed by atoms with Gasteiger partial charge in [0.15, 0.2) is 0 Å². The van der Waals surface area contributed by atoms with Gasteiger partial charge in [0.05, 0.1) is 25.6 Å². The minimum Gasteiger partial charge on any atom is -0.497 e. The monoisotopic (exact) mass is 391 g/mol. The van der Waals surface area contributed by atoms with Crippen LogP contribution >= 0.6 is 0 Å². The Balaban J connectivity index is 1.51. The predicted molar refractivity (Wildman–Crippen MR) is 111 cm³/mol. The second-order valence-corrected chi connectivity index (χ2v) is 6.27. The first-order chi connectivity index (χ1) is 14.0. The molecule has 0 radical (unpaired) electrons. The Morgan fingerprint density at radius 2 is 1.86 bits per heavy atom. The smallest absolute Gasteiger partial charge is 0.313 e. The molecule has 2 N–H and O–H groups in total. The number of hydrogen-bond acceptors (Lipinski definition) is 5. The van der Waals surface area contributed by atoms with E-state index < -0.39 is 11.8 Å². The van der Waals surface area contributed by atoms with Crippen LogP contribution in [0.25, 0.3) is 0 Å². The molecule has 1 aromatic heterocycles. The van der Waals surface area contributed by atoms with Crippen molar-refractivity contribution in [3.8, 4) is 5.75 Å². The van der Waals surface area contributed by atoms with Crippen LogP contribution in [0.2, 0.25) is 0 Å². The largest absolute Gasteiger partial charge is 0.497 e. The molecule has 0 saturated heterocycles. The highest BCUT2D eigenvalue weighted by Crippen LogP contribution is 2.19. The Bertz CT molecular complexity index is 1020. The van der Waals surface area contributed by atoms with Crippen LogP contribution in [0.15, 0.2) is 70.1 Å². The van der Waals surface area contributed by atoms with Crippen molar-refractivity contribution in [1.82, 2.24) is 5.32 Å². The zero-order valence-electron chi connectivity index (χ0n) is 16.1. The Labute approximate surface area is 168 Å². The van der Waals surface area contributed by atoms with Crippen LogP contribution in [-0.4, -0.2) is 25.1 Å². The SMILES string of the molecule is COc1cccc(N=Cc2ccc(CNC(=O)C(=O)Nc3ccc(C)cc3)o2)c1. The number of hydrogen-bond donors (Lipinski definition) is 2. The number of rotatable bonds is 6. The van der Waals surface area contributed by atoms with Crippen molar-refractivity contribution in [2.75, 3.05) is 12.4 Å². The summed E-state index contributed by atoms with van der Waals surface area (Å²) in [5.41, 5.74) is 2.35. The standard InChI is InChI=1S/C22H21N3O4/c1-15-6-8-16(9-7-15)25-22(27)21(26)24-14-20-11-10-19(29-20)13-23-17-4-3-5-18(12-17)28-2/h3-13H,14H2,1-2H3,(H,24,26)(H,25,27). The number of methoxy groups -OCH3 is 1. The number of nitrogens with zero attached hydrogens (tertiary/aromatic N) is 1. The summed E-state index contributed by atoms with van der Waals surface area (Å²) in [6.45, 7) is 2.03. The molecule has 2 aromatic carbocycles. The van der Waals surface area contributed by atoms with Crippen molar-refractivity contribution < 1.29 is 18.7 Å². The van der Waals surface area contributed by atoms with E-state index in [1.807, 2.05) is 37.3 Å². The molecule has 3 aromatic rings. The Kier molecular flexibility index (Phi) is 6.42. The van der Waals surface area contributed by atoms with Crippen LogP contribution in [0.3, 0.4) is 0 Å². The summed E-state index contributed by atoms with van der Waals surface area (Å²) < 4.78 is 10.8. The fourth-order valence-electron chi connectivity index (χ4n) is 2.46. The lowest BCUT2D eigenvalue weighted by atomic mass is 10.2. The molecule has 0 spiro atoms. The molecule has 3 rings (SSSR count). The number of ether oxygens (including phenoxy) is 1. The molecule has 7 heteroatoms. The lowest BCUT2D eigenvalue weighted by molar-refractivity contribution is -0.136. The van der Waals surface area contributed by atoms with E-state index in [2.05, 4.69) is 15.6 Å². The van der Waals surface area contributed by atoms with E-state index in [9.17, 15) is 9.59 Å². The van der Waals surface area contributed by atoms with Gasteiger partial charge < -0.3 is 19.8 Å². The molecular formula is C22H21N3O4. The van der Waals surface area contributed by atoms with Gasteiger partial charge in [-0.25, -0.2) is 0 Å². The minimum absolute atomic E-state index is 0.0904. The van der Waals surface area contributed by atoms with Crippen LogP contribution in [0.5, 0.6) is 5.75 Å². The molecule has 2 amide bonds. The van der Waals surface area contributed by atoms with Crippen LogP contribution in [0.4, 0.5) is 11.4 Å². The third kappa shape index (κ3) is 5.80. The fraction of sp³-hybridized carbons (Fsp3) is 0.136. The van der Waals surface area contributed by atoms with Crippen molar-refractivity contribution in [3.63, 3.8) is 0 Å². The third-order valence-corrected chi connectivity index (χ3v) is 4.02. The summed E-state index contributed by atoms with van der Waals surface area (Å²) in [5.74, 6) is 0.273. The van der Waals surface area contributed by atoms with Gasteiger partial charge in [0.2, 0.25) is 0 Å². The maximum Gasteiger partial charge on any atom is 0.313 e. The van der Waals surface area contributed by atoms with Gasteiger partial charge in [-0.15, -0.1) is 0 Å². The van der Waals surface area contributed by atoms with Crippen molar-refractivity contribution in [2.24, 2.45) is 4.99 Å². The van der Waals surface area contributed by atoms with Crippen LogP contribution in [-0.2, 0) is 16.1 Å². The van der Waals surface area contributed by atoms with Crippen molar-refractivity contribution in [3.05, 3.63) is 77.7 Å². The quantitative estimate of drug-likeness (QED) is 0.496. The van der Waals surface area contributed by atoms with Crippen molar-refractivity contribution >= 4 is 29.4 Å². The zero-order valence-corrected chi connectivity index (χ0v) is 16.1. The van der Waals surface area contributed by atoms with Gasteiger partial charge in [-0.2, -0.15) is 0 Å². The van der Waals surface area contributed by atoms with Crippen LogP contribution < -0.4 is 15.4 Å². The summed E-state index contributed by atoms with van der Waals surface area (Å²) in [6, 6.07) is 17.9. The molecule has 0 bridgehead atoms. The number of anilines is 1. The summed E-state index contributed by atoms with van der Waals surface area (Å²) in [4.78, 5) is 28.2. The first-order valence-electron chi connectivity index (χ1n) is 8.96. The molecule has 0 saturated carbocycles. The number of nitrogens with one attached hydrogen (secondary N) is 2. The van der Waals surface area contributed by atoms with Gasteiger partial charge >= 0.3 is 11.8 Å². The highest BCUT2D eigenvalue weighted by atomic mass is 16.5. The van der Waals surface area contributed by atoms with E-state index in [0.29, 0.717) is 23.0 Å². The molecule has 7 nitrogen and oxygen atoms in total. The van der Waals surface area contributed by atoms with Gasteiger partial charge in [0, 0.05) is 11.8 Å².